The Bertz CT molecular complexity index is 1370. The highest BCUT2D eigenvalue weighted by molar-refractivity contribution is 7.90. The highest BCUT2D eigenvalue weighted by Crippen LogP contribution is 2.57. The second-order valence-corrected chi connectivity index (χ2v) is 10.1. The van der Waals surface area contributed by atoms with Crippen molar-refractivity contribution in [1.82, 2.24) is 14.8 Å². The van der Waals surface area contributed by atoms with Gasteiger partial charge in [-0.1, -0.05) is 0 Å². The van der Waals surface area contributed by atoms with Crippen LogP contribution in [0.4, 0.5) is 14.5 Å². The number of hydrogen-bond donors (Lipinski definition) is 1. The number of hydrogen-bond acceptors (Lipinski definition) is 5. The van der Waals surface area contributed by atoms with E-state index in [1.54, 1.807) is 6.92 Å². The van der Waals surface area contributed by atoms with Crippen LogP contribution in [0.2, 0.25) is 0 Å². The molecule has 2 atom stereocenters. The highest BCUT2D eigenvalue weighted by Gasteiger charge is 2.50. The van der Waals surface area contributed by atoms with E-state index in [0.717, 1.165) is 36.1 Å². The molecule has 7 nitrogen and oxygen atoms in total. The van der Waals surface area contributed by atoms with Crippen LogP contribution in [0.1, 0.15) is 39.6 Å². The van der Waals surface area contributed by atoms with Gasteiger partial charge in [0.2, 0.25) is 0 Å². The summed E-state index contributed by atoms with van der Waals surface area (Å²) in [7, 11) is -3.47. The number of sulfone groups is 1. The van der Waals surface area contributed by atoms with E-state index in [-0.39, 0.29) is 22.3 Å². The molecule has 3 aromatic rings. The molecule has 1 amide bonds. The SMILES string of the molecule is Cc1cc(S(C)(=O)=O)ncc1NC(=O)c1nn(-c2ccc(F)cc2F)c2c1C[C@H]1C[C@@H]21. The lowest BCUT2D eigenvalue weighted by Gasteiger charge is -2.09. The Labute approximate surface area is 177 Å². The summed E-state index contributed by atoms with van der Waals surface area (Å²) in [4.78, 5) is 16.9. The minimum absolute atomic E-state index is 0.0833. The highest BCUT2D eigenvalue weighted by atomic mass is 32.2. The quantitative estimate of drug-likeness (QED) is 0.667. The van der Waals surface area contributed by atoms with Gasteiger partial charge in [-0.3, -0.25) is 4.79 Å². The number of anilines is 1. The van der Waals surface area contributed by atoms with Gasteiger partial charge in [-0.2, -0.15) is 5.10 Å². The minimum Gasteiger partial charge on any atom is -0.319 e. The molecule has 1 saturated carbocycles. The number of aryl methyl sites for hydroxylation is 1. The Morgan fingerprint density at radius 3 is 2.71 bits per heavy atom. The molecular formula is C21H18F2N4O3S. The monoisotopic (exact) mass is 444 g/mol. The number of amides is 1. The summed E-state index contributed by atoms with van der Waals surface area (Å²) in [5.41, 5.74) is 2.73. The molecule has 5 rings (SSSR count). The van der Waals surface area contributed by atoms with Gasteiger partial charge in [0.1, 0.15) is 11.5 Å². The molecule has 0 spiro atoms. The van der Waals surface area contributed by atoms with Crippen LogP contribution in [0.3, 0.4) is 0 Å². The number of fused-ring (bicyclic) bond motifs is 3. The average Bonchev–Trinajstić information content (AvgIpc) is 3.19. The van der Waals surface area contributed by atoms with E-state index in [0.29, 0.717) is 23.6 Å². The topological polar surface area (TPSA) is 93.9 Å². The molecule has 0 radical (unpaired) electrons. The largest absolute Gasteiger partial charge is 0.319 e. The number of halogens is 2. The van der Waals surface area contributed by atoms with E-state index in [1.165, 1.54) is 23.0 Å². The molecular weight excluding hydrogens is 426 g/mol. The molecule has 0 unspecified atom stereocenters. The van der Waals surface area contributed by atoms with Crippen molar-refractivity contribution in [1.29, 1.82) is 0 Å². The van der Waals surface area contributed by atoms with E-state index in [9.17, 15) is 22.0 Å². The lowest BCUT2D eigenvalue weighted by Crippen LogP contribution is -2.16. The maximum absolute atomic E-state index is 14.4. The van der Waals surface area contributed by atoms with E-state index < -0.39 is 27.4 Å². The molecule has 0 bridgehead atoms. The second kappa shape index (κ2) is 6.68. The number of carbonyl (C=O) groups is 1. The third-order valence-corrected chi connectivity index (χ3v) is 6.81. The normalized spacial score (nSPS) is 19.1. The Balaban J connectivity index is 1.52. The van der Waals surface area contributed by atoms with Gasteiger partial charge in [-0.05, 0) is 49.4 Å². The maximum atomic E-state index is 14.4. The fourth-order valence-electron chi connectivity index (χ4n) is 4.18. The molecule has 0 saturated heterocycles. The smallest absolute Gasteiger partial charge is 0.276 e. The minimum atomic E-state index is -3.47. The summed E-state index contributed by atoms with van der Waals surface area (Å²) in [6, 6.07) is 4.65. The summed E-state index contributed by atoms with van der Waals surface area (Å²) >= 11 is 0. The lowest BCUT2D eigenvalue weighted by molar-refractivity contribution is 0.102. The first-order valence-corrected chi connectivity index (χ1v) is 11.6. The average molecular weight is 444 g/mol. The molecule has 31 heavy (non-hydrogen) atoms. The Hall–Kier alpha value is -3.14. The van der Waals surface area contributed by atoms with Crippen molar-refractivity contribution < 1.29 is 22.0 Å². The molecule has 160 valence electrons. The zero-order chi connectivity index (χ0) is 22.1. The van der Waals surface area contributed by atoms with Crippen molar-refractivity contribution in [2.75, 3.05) is 11.6 Å². The van der Waals surface area contributed by atoms with Gasteiger partial charge < -0.3 is 5.32 Å². The Morgan fingerprint density at radius 1 is 1.26 bits per heavy atom. The summed E-state index contributed by atoms with van der Waals surface area (Å²) in [5, 5.41) is 7.02. The van der Waals surface area contributed by atoms with E-state index >= 15 is 0 Å². The molecule has 2 aliphatic carbocycles. The van der Waals surface area contributed by atoms with Gasteiger partial charge in [-0.25, -0.2) is 26.9 Å². The molecule has 2 heterocycles. The standard InChI is InChI=1S/C21H18F2N4O3S/c1-10-5-18(31(2,29)30)24-9-16(10)25-21(28)19-14-7-11-6-13(11)20(14)27(26-19)17-4-3-12(22)8-15(17)23/h3-5,8-9,11,13H,6-7H2,1-2H3,(H,25,28)/t11-,13-/m1/s1. The van der Waals surface area contributed by atoms with E-state index in [1.807, 2.05) is 0 Å². The number of carbonyl (C=O) groups excluding carboxylic acids is 1. The molecule has 1 fully saturated rings. The van der Waals surface area contributed by atoms with Crippen LogP contribution in [0.15, 0.2) is 35.5 Å². The van der Waals surface area contributed by atoms with Crippen molar-refractivity contribution in [3.8, 4) is 5.69 Å². The van der Waals surface area contributed by atoms with Gasteiger partial charge in [-0.15, -0.1) is 0 Å². The number of benzene rings is 1. The first-order valence-electron chi connectivity index (χ1n) is 9.68. The number of rotatable bonds is 4. The fourth-order valence-corrected chi connectivity index (χ4v) is 4.82. The van der Waals surface area contributed by atoms with Gasteiger partial charge in [0.05, 0.1) is 17.6 Å². The first-order chi connectivity index (χ1) is 14.6. The van der Waals surface area contributed by atoms with Crippen molar-refractivity contribution in [3.63, 3.8) is 0 Å². The fraction of sp³-hybridized carbons (Fsp3) is 0.286. The van der Waals surface area contributed by atoms with Crippen molar-refractivity contribution in [3.05, 3.63) is 64.6 Å². The van der Waals surface area contributed by atoms with Gasteiger partial charge >= 0.3 is 0 Å². The third-order valence-electron chi connectivity index (χ3n) is 5.83. The molecule has 2 aromatic heterocycles. The molecule has 1 N–H and O–H groups in total. The van der Waals surface area contributed by atoms with Crippen molar-refractivity contribution in [2.24, 2.45) is 5.92 Å². The van der Waals surface area contributed by atoms with Crippen LogP contribution < -0.4 is 5.32 Å². The zero-order valence-electron chi connectivity index (χ0n) is 16.7. The van der Waals surface area contributed by atoms with E-state index in [2.05, 4.69) is 15.4 Å². The summed E-state index contributed by atoms with van der Waals surface area (Å²) in [6.45, 7) is 1.66. The molecule has 0 aliphatic heterocycles. The number of nitrogens with one attached hydrogen (secondary N) is 1. The first kappa shape index (κ1) is 19.8. The van der Waals surface area contributed by atoms with Crippen LogP contribution in [0.25, 0.3) is 5.69 Å². The number of nitrogens with zero attached hydrogens (tertiary/aromatic N) is 3. The predicted molar refractivity (Wildman–Crippen MR) is 108 cm³/mol. The van der Waals surface area contributed by atoms with Crippen LogP contribution >= 0.6 is 0 Å². The van der Waals surface area contributed by atoms with Crippen molar-refractivity contribution >= 4 is 21.4 Å². The van der Waals surface area contributed by atoms with Crippen LogP contribution in [0.5, 0.6) is 0 Å². The van der Waals surface area contributed by atoms with Gasteiger partial charge in [0.25, 0.3) is 5.91 Å². The van der Waals surface area contributed by atoms with Crippen LogP contribution in [-0.4, -0.2) is 35.3 Å². The summed E-state index contributed by atoms with van der Waals surface area (Å²) < 4.78 is 52.5. The Morgan fingerprint density at radius 2 is 2.03 bits per heavy atom. The maximum Gasteiger partial charge on any atom is 0.276 e. The summed E-state index contributed by atoms with van der Waals surface area (Å²) in [5.74, 6) is -1.31. The van der Waals surface area contributed by atoms with Crippen LogP contribution in [-0.2, 0) is 16.3 Å². The van der Waals surface area contributed by atoms with Gasteiger partial charge in [0.15, 0.2) is 26.4 Å². The third kappa shape index (κ3) is 3.31. The Kier molecular flexibility index (Phi) is 4.27. The van der Waals surface area contributed by atoms with E-state index in [4.69, 9.17) is 0 Å². The number of pyridine rings is 1. The predicted octanol–water partition coefficient (Wildman–Crippen LogP) is 3.17. The molecule has 1 aromatic carbocycles. The van der Waals surface area contributed by atoms with Gasteiger partial charge in [0, 0.05) is 23.8 Å². The molecule has 10 heteroatoms. The molecule has 2 aliphatic rings. The lowest BCUT2D eigenvalue weighted by atomic mass is 10.1. The number of aromatic nitrogens is 3. The summed E-state index contributed by atoms with van der Waals surface area (Å²) in [6.07, 6.45) is 3.98. The second-order valence-electron chi connectivity index (χ2n) is 8.09. The zero-order valence-corrected chi connectivity index (χ0v) is 17.5. The van der Waals surface area contributed by atoms with Crippen LogP contribution in [0, 0.1) is 24.5 Å². The van der Waals surface area contributed by atoms with Crippen molar-refractivity contribution in [2.45, 2.75) is 30.7 Å².